The van der Waals surface area contributed by atoms with Crippen LogP contribution in [0.25, 0.3) is 0 Å². The highest BCUT2D eigenvalue weighted by Crippen LogP contribution is 2.09. The Bertz CT molecular complexity index is 304. The predicted molar refractivity (Wildman–Crippen MR) is 61.9 cm³/mol. The number of hydrogen-bond donors (Lipinski definition) is 2. The second-order valence-corrected chi connectivity index (χ2v) is 3.84. The summed E-state index contributed by atoms with van der Waals surface area (Å²) in [5.41, 5.74) is 0. The SMILES string of the molecule is CCC(C)C(NC(=O)COCC(=O)O)C(=O)OC. The minimum Gasteiger partial charge on any atom is -0.480 e. The van der Waals surface area contributed by atoms with Crippen molar-refractivity contribution in [3.8, 4) is 0 Å². The topological polar surface area (TPSA) is 102 Å². The second kappa shape index (κ2) is 8.46. The number of esters is 1. The number of rotatable bonds is 8. The van der Waals surface area contributed by atoms with Crippen molar-refractivity contribution >= 4 is 17.8 Å². The smallest absolute Gasteiger partial charge is 0.329 e. The van der Waals surface area contributed by atoms with Crippen LogP contribution in [-0.2, 0) is 23.9 Å². The van der Waals surface area contributed by atoms with Crippen LogP contribution in [0.2, 0.25) is 0 Å². The summed E-state index contributed by atoms with van der Waals surface area (Å²) in [5.74, 6) is -2.32. The average Bonchev–Trinajstić information content (AvgIpc) is 2.33. The van der Waals surface area contributed by atoms with E-state index in [4.69, 9.17) is 5.11 Å². The molecular formula is C11H19NO6. The van der Waals surface area contributed by atoms with Gasteiger partial charge in [0.25, 0.3) is 0 Å². The predicted octanol–water partition coefficient (Wildman–Crippen LogP) is -0.208. The fourth-order valence-corrected chi connectivity index (χ4v) is 1.24. The second-order valence-electron chi connectivity index (χ2n) is 3.84. The van der Waals surface area contributed by atoms with Crippen LogP contribution in [0.3, 0.4) is 0 Å². The molecule has 0 saturated carbocycles. The van der Waals surface area contributed by atoms with E-state index in [2.05, 4.69) is 14.8 Å². The zero-order valence-corrected chi connectivity index (χ0v) is 10.8. The Labute approximate surface area is 105 Å². The van der Waals surface area contributed by atoms with Crippen molar-refractivity contribution in [3.63, 3.8) is 0 Å². The van der Waals surface area contributed by atoms with Gasteiger partial charge >= 0.3 is 11.9 Å². The molecule has 0 aliphatic carbocycles. The Hall–Kier alpha value is -1.63. The van der Waals surface area contributed by atoms with Crippen molar-refractivity contribution in [2.24, 2.45) is 5.92 Å². The lowest BCUT2D eigenvalue weighted by Crippen LogP contribution is -2.47. The monoisotopic (exact) mass is 261 g/mol. The molecule has 0 spiro atoms. The fourth-order valence-electron chi connectivity index (χ4n) is 1.24. The van der Waals surface area contributed by atoms with Crippen LogP contribution >= 0.6 is 0 Å². The summed E-state index contributed by atoms with van der Waals surface area (Å²) in [6.45, 7) is 2.73. The summed E-state index contributed by atoms with van der Waals surface area (Å²) in [7, 11) is 1.24. The van der Waals surface area contributed by atoms with E-state index < -0.39 is 37.1 Å². The van der Waals surface area contributed by atoms with Gasteiger partial charge in [-0.15, -0.1) is 0 Å². The lowest BCUT2D eigenvalue weighted by atomic mass is 9.99. The Morgan fingerprint density at radius 2 is 1.89 bits per heavy atom. The van der Waals surface area contributed by atoms with E-state index in [-0.39, 0.29) is 5.92 Å². The summed E-state index contributed by atoms with van der Waals surface area (Å²) in [5, 5.41) is 10.8. The highest BCUT2D eigenvalue weighted by Gasteiger charge is 2.26. The number of hydrogen-bond acceptors (Lipinski definition) is 5. The van der Waals surface area contributed by atoms with Gasteiger partial charge in [-0.2, -0.15) is 0 Å². The maximum Gasteiger partial charge on any atom is 0.329 e. The van der Waals surface area contributed by atoms with Gasteiger partial charge in [-0.3, -0.25) is 4.79 Å². The van der Waals surface area contributed by atoms with Crippen molar-refractivity contribution < 1.29 is 29.0 Å². The minimum atomic E-state index is -1.16. The number of carboxylic acids is 1. The van der Waals surface area contributed by atoms with Gasteiger partial charge in [0.1, 0.15) is 19.3 Å². The number of amides is 1. The van der Waals surface area contributed by atoms with Crippen LogP contribution in [0, 0.1) is 5.92 Å². The van der Waals surface area contributed by atoms with Gasteiger partial charge in [-0.25, -0.2) is 9.59 Å². The lowest BCUT2D eigenvalue weighted by molar-refractivity contribution is -0.149. The molecule has 7 heteroatoms. The molecule has 0 saturated heterocycles. The molecule has 0 fully saturated rings. The number of carbonyl (C=O) groups is 3. The third-order valence-electron chi connectivity index (χ3n) is 2.44. The molecule has 0 aliphatic rings. The van der Waals surface area contributed by atoms with E-state index in [9.17, 15) is 14.4 Å². The third-order valence-corrected chi connectivity index (χ3v) is 2.44. The lowest BCUT2D eigenvalue weighted by Gasteiger charge is -2.21. The van der Waals surface area contributed by atoms with Crippen molar-refractivity contribution in [1.29, 1.82) is 0 Å². The van der Waals surface area contributed by atoms with E-state index in [0.717, 1.165) is 0 Å². The zero-order chi connectivity index (χ0) is 14.1. The standard InChI is InChI=1S/C11H19NO6/c1-4-7(2)10(11(16)17-3)12-8(13)5-18-6-9(14)15/h7,10H,4-6H2,1-3H3,(H,12,13)(H,14,15). The molecule has 2 N–H and O–H groups in total. The molecule has 7 nitrogen and oxygen atoms in total. The van der Waals surface area contributed by atoms with Gasteiger partial charge in [0, 0.05) is 0 Å². The van der Waals surface area contributed by atoms with Crippen LogP contribution in [0.1, 0.15) is 20.3 Å². The molecular weight excluding hydrogens is 242 g/mol. The van der Waals surface area contributed by atoms with Crippen LogP contribution in [-0.4, -0.2) is 49.3 Å². The van der Waals surface area contributed by atoms with Gasteiger partial charge in [0.15, 0.2) is 0 Å². The molecule has 0 rings (SSSR count). The average molecular weight is 261 g/mol. The first-order valence-electron chi connectivity index (χ1n) is 5.59. The van der Waals surface area contributed by atoms with Crippen molar-refractivity contribution in [1.82, 2.24) is 5.32 Å². The molecule has 104 valence electrons. The Balaban J connectivity index is 4.27. The largest absolute Gasteiger partial charge is 0.480 e. The van der Waals surface area contributed by atoms with Gasteiger partial charge in [0.05, 0.1) is 7.11 Å². The van der Waals surface area contributed by atoms with E-state index in [1.54, 1.807) is 6.92 Å². The Kier molecular flexibility index (Phi) is 7.69. The fraction of sp³-hybridized carbons (Fsp3) is 0.727. The van der Waals surface area contributed by atoms with E-state index in [0.29, 0.717) is 6.42 Å². The summed E-state index contributed by atoms with van der Waals surface area (Å²) in [6, 6.07) is -0.749. The van der Waals surface area contributed by atoms with E-state index >= 15 is 0 Å². The first-order chi connectivity index (χ1) is 8.42. The zero-order valence-electron chi connectivity index (χ0n) is 10.8. The molecule has 0 aromatic carbocycles. The molecule has 0 heterocycles. The van der Waals surface area contributed by atoms with Crippen LogP contribution in [0.4, 0.5) is 0 Å². The van der Waals surface area contributed by atoms with Crippen molar-refractivity contribution in [2.45, 2.75) is 26.3 Å². The molecule has 0 radical (unpaired) electrons. The number of carbonyl (C=O) groups excluding carboxylic acids is 2. The number of nitrogens with one attached hydrogen (secondary N) is 1. The quantitative estimate of drug-likeness (QED) is 0.586. The highest BCUT2D eigenvalue weighted by molar-refractivity contribution is 5.85. The number of methoxy groups -OCH3 is 1. The normalized spacial score (nSPS) is 13.5. The maximum atomic E-state index is 11.5. The summed E-state index contributed by atoms with van der Waals surface area (Å²) in [6.07, 6.45) is 0.691. The summed E-state index contributed by atoms with van der Waals surface area (Å²) in [4.78, 5) is 33.1. The molecule has 0 aromatic rings. The highest BCUT2D eigenvalue weighted by atomic mass is 16.5. The molecule has 0 aliphatic heterocycles. The number of ether oxygens (including phenoxy) is 2. The number of carboxylic acid groups (broad SMARTS) is 1. The van der Waals surface area contributed by atoms with Gasteiger partial charge < -0.3 is 19.9 Å². The minimum absolute atomic E-state index is 0.0825. The first-order valence-corrected chi connectivity index (χ1v) is 5.59. The van der Waals surface area contributed by atoms with Crippen LogP contribution in [0.5, 0.6) is 0 Å². The molecule has 1 amide bonds. The molecule has 2 atom stereocenters. The van der Waals surface area contributed by atoms with Gasteiger partial charge in [-0.05, 0) is 5.92 Å². The molecule has 18 heavy (non-hydrogen) atoms. The van der Waals surface area contributed by atoms with E-state index in [1.807, 2.05) is 6.92 Å². The van der Waals surface area contributed by atoms with Gasteiger partial charge in [-0.1, -0.05) is 20.3 Å². The maximum absolute atomic E-state index is 11.5. The Morgan fingerprint density at radius 3 is 2.33 bits per heavy atom. The molecule has 0 aromatic heterocycles. The summed E-state index contributed by atoms with van der Waals surface area (Å²) >= 11 is 0. The number of aliphatic carboxylic acids is 1. The summed E-state index contributed by atoms with van der Waals surface area (Å²) < 4.78 is 9.21. The van der Waals surface area contributed by atoms with Crippen LogP contribution < -0.4 is 5.32 Å². The van der Waals surface area contributed by atoms with Crippen molar-refractivity contribution in [3.05, 3.63) is 0 Å². The van der Waals surface area contributed by atoms with Crippen molar-refractivity contribution in [2.75, 3.05) is 20.3 Å². The first kappa shape index (κ1) is 16.4. The van der Waals surface area contributed by atoms with E-state index in [1.165, 1.54) is 7.11 Å². The van der Waals surface area contributed by atoms with Gasteiger partial charge in [0.2, 0.25) is 5.91 Å². The Morgan fingerprint density at radius 1 is 1.28 bits per heavy atom. The van der Waals surface area contributed by atoms with Crippen LogP contribution in [0.15, 0.2) is 0 Å². The third kappa shape index (κ3) is 6.19. The molecule has 0 bridgehead atoms. The molecule has 2 unspecified atom stereocenters.